The maximum absolute atomic E-state index is 11.7. The van der Waals surface area contributed by atoms with Crippen LogP contribution >= 0.6 is 0 Å². The Kier molecular flexibility index (Phi) is 5.66. The molecule has 0 heterocycles. The molecule has 1 aliphatic rings. The number of carbonyl (C=O) groups excluding carboxylic acids is 1. The molecule has 0 radical (unpaired) electrons. The Morgan fingerprint density at radius 2 is 2.33 bits per heavy atom. The van der Waals surface area contributed by atoms with Gasteiger partial charge in [0.1, 0.15) is 0 Å². The number of hydrogen-bond acceptors (Lipinski definition) is 2. The van der Waals surface area contributed by atoms with Crippen molar-refractivity contribution in [3.05, 3.63) is 12.2 Å². The van der Waals surface area contributed by atoms with Crippen molar-refractivity contribution in [3.8, 4) is 0 Å². The molecule has 2 amide bonds. The molecule has 0 aromatic carbocycles. The van der Waals surface area contributed by atoms with E-state index in [1.807, 2.05) is 19.9 Å². The van der Waals surface area contributed by atoms with E-state index in [0.29, 0.717) is 0 Å². The van der Waals surface area contributed by atoms with Crippen LogP contribution in [0, 0.1) is 5.92 Å². The molecule has 1 aliphatic carbocycles. The van der Waals surface area contributed by atoms with Gasteiger partial charge in [-0.25, -0.2) is 4.79 Å². The largest absolute Gasteiger partial charge is 0.388 e. The highest BCUT2D eigenvalue weighted by molar-refractivity contribution is 5.74. The van der Waals surface area contributed by atoms with E-state index in [4.69, 9.17) is 0 Å². The zero-order valence-corrected chi connectivity index (χ0v) is 11.7. The van der Waals surface area contributed by atoms with Crippen LogP contribution in [0.2, 0.25) is 0 Å². The van der Waals surface area contributed by atoms with Crippen molar-refractivity contribution >= 4 is 6.03 Å². The molecule has 4 nitrogen and oxygen atoms in total. The van der Waals surface area contributed by atoms with Crippen molar-refractivity contribution in [1.82, 2.24) is 10.6 Å². The molecule has 0 fully saturated rings. The number of allylic oxidation sites excluding steroid dienone is 1. The maximum atomic E-state index is 11.7. The van der Waals surface area contributed by atoms with Crippen molar-refractivity contribution in [2.75, 3.05) is 6.54 Å². The standard InChI is InChI=1S/C14H26N2O2/c1-4-11(2)14(3,18)10-15-13(17)16-12-8-6-5-7-9-12/h6,8,11-12,18H,4-5,7,9-10H2,1-3H3,(H2,15,16,17). The molecule has 3 N–H and O–H groups in total. The summed E-state index contributed by atoms with van der Waals surface area (Å²) in [5, 5.41) is 15.8. The molecule has 0 saturated carbocycles. The van der Waals surface area contributed by atoms with Crippen LogP contribution < -0.4 is 10.6 Å². The van der Waals surface area contributed by atoms with E-state index < -0.39 is 5.60 Å². The van der Waals surface area contributed by atoms with Crippen LogP contribution in [0.1, 0.15) is 46.5 Å². The Labute approximate surface area is 110 Å². The van der Waals surface area contributed by atoms with E-state index in [9.17, 15) is 9.90 Å². The number of rotatable bonds is 5. The molecule has 0 aliphatic heterocycles. The molecule has 0 bridgehead atoms. The third kappa shape index (κ3) is 4.69. The van der Waals surface area contributed by atoms with Crippen molar-refractivity contribution in [2.24, 2.45) is 5.92 Å². The lowest BCUT2D eigenvalue weighted by molar-refractivity contribution is 0.00786. The minimum Gasteiger partial charge on any atom is -0.388 e. The SMILES string of the molecule is CCC(C)C(C)(O)CNC(=O)NC1C=CCCC1. The first-order chi connectivity index (χ1) is 8.45. The summed E-state index contributed by atoms with van der Waals surface area (Å²) in [6, 6.07) is -0.0672. The minimum absolute atomic E-state index is 0.132. The van der Waals surface area contributed by atoms with Crippen molar-refractivity contribution in [3.63, 3.8) is 0 Å². The summed E-state index contributed by atoms with van der Waals surface area (Å²) >= 11 is 0. The van der Waals surface area contributed by atoms with Crippen molar-refractivity contribution in [1.29, 1.82) is 0 Å². The van der Waals surface area contributed by atoms with Gasteiger partial charge >= 0.3 is 6.03 Å². The second-order valence-electron chi connectivity index (χ2n) is 5.46. The average Bonchev–Trinajstić information content (AvgIpc) is 2.36. The molecule has 0 aromatic rings. The molecule has 1 rings (SSSR count). The van der Waals surface area contributed by atoms with Gasteiger partial charge in [-0.2, -0.15) is 0 Å². The van der Waals surface area contributed by atoms with Crippen LogP contribution in [-0.4, -0.2) is 29.3 Å². The lowest BCUT2D eigenvalue weighted by Crippen LogP contribution is -2.49. The quantitative estimate of drug-likeness (QED) is 0.659. The van der Waals surface area contributed by atoms with Crippen LogP contribution in [0.5, 0.6) is 0 Å². The molecule has 104 valence electrons. The Bertz CT molecular complexity index is 300. The number of hydrogen-bond donors (Lipinski definition) is 3. The fourth-order valence-electron chi connectivity index (χ4n) is 2.03. The fraction of sp³-hybridized carbons (Fsp3) is 0.786. The molecule has 3 unspecified atom stereocenters. The number of carbonyl (C=O) groups is 1. The van der Waals surface area contributed by atoms with Crippen molar-refractivity contribution < 1.29 is 9.90 Å². The van der Waals surface area contributed by atoms with Gasteiger partial charge in [0.05, 0.1) is 5.60 Å². The molecule has 4 heteroatoms. The predicted octanol–water partition coefficient (Wildman–Crippen LogP) is 2.19. The number of aliphatic hydroxyl groups is 1. The molecule has 3 atom stereocenters. The van der Waals surface area contributed by atoms with Gasteiger partial charge in [-0.3, -0.25) is 0 Å². The Morgan fingerprint density at radius 1 is 1.61 bits per heavy atom. The van der Waals surface area contributed by atoms with Gasteiger partial charge in [0.15, 0.2) is 0 Å². The molecule has 0 aromatic heterocycles. The van der Waals surface area contributed by atoms with Crippen molar-refractivity contribution in [2.45, 2.75) is 58.1 Å². The van der Waals surface area contributed by atoms with Crippen LogP contribution in [0.3, 0.4) is 0 Å². The van der Waals surface area contributed by atoms with E-state index >= 15 is 0 Å². The van der Waals surface area contributed by atoms with Gasteiger partial charge in [-0.05, 0) is 32.1 Å². The second kappa shape index (κ2) is 6.78. The van der Waals surface area contributed by atoms with Gasteiger partial charge in [0.2, 0.25) is 0 Å². The molecular weight excluding hydrogens is 228 g/mol. The Hall–Kier alpha value is -1.03. The van der Waals surface area contributed by atoms with Gasteiger partial charge in [0, 0.05) is 12.6 Å². The van der Waals surface area contributed by atoms with E-state index in [-0.39, 0.29) is 24.5 Å². The van der Waals surface area contributed by atoms with E-state index in [0.717, 1.165) is 25.7 Å². The van der Waals surface area contributed by atoms with E-state index in [1.165, 1.54) is 0 Å². The summed E-state index contributed by atoms with van der Waals surface area (Å²) in [6.07, 6.45) is 8.24. The zero-order chi connectivity index (χ0) is 13.6. The van der Waals surface area contributed by atoms with E-state index in [1.54, 1.807) is 6.92 Å². The third-order valence-corrected chi connectivity index (χ3v) is 3.85. The fourth-order valence-corrected chi connectivity index (χ4v) is 2.03. The lowest BCUT2D eigenvalue weighted by Gasteiger charge is -2.30. The lowest BCUT2D eigenvalue weighted by atomic mass is 9.89. The third-order valence-electron chi connectivity index (χ3n) is 3.85. The highest BCUT2D eigenvalue weighted by atomic mass is 16.3. The topological polar surface area (TPSA) is 61.4 Å². The molecule has 0 spiro atoms. The van der Waals surface area contributed by atoms with Gasteiger partial charge < -0.3 is 15.7 Å². The summed E-state index contributed by atoms with van der Waals surface area (Å²) in [5.74, 6) is 0.160. The zero-order valence-electron chi connectivity index (χ0n) is 11.7. The molecule has 18 heavy (non-hydrogen) atoms. The normalized spacial score (nSPS) is 24.1. The number of nitrogens with one attached hydrogen (secondary N) is 2. The summed E-state index contributed by atoms with van der Waals surface area (Å²) in [6.45, 7) is 6.07. The van der Waals surface area contributed by atoms with Gasteiger partial charge in [-0.15, -0.1) is 0 Å². The number of urea groups is 1. The summed E-state index contributed by atoms with van der Waals surface area (Å²) in [7, 11) is 0. The summed E-state index contributed by atoms with van der Waals surface area (Å²) in [4.78, 5) is 11.7. The number of amides is 2. The van der Waals surface area contributed by atoms with Crippen LogP contribution in [-0.2, 0) is 0 Å². The van der Waals surface area contributed by atoms with Crippen LogP contribution in [0.25, 0.3) is 0 Å². The van der Waals surface area contributed by atoms with Crippen LogP contribution in [0.4, 0.5) is 4.79 Å². The molecule has 0 saturated heterocycles. The highest BCUT2D eigenvalue weighted by Gasteiger charge is 2.27. The average molecular weight is 254 g/mol. The smallest absolute Gasteiger partial charge is 0.315 e. The van der Waals surface area contributed by atoms with Gasteiger partial charge in [-0.1, -0.05) is 32.4 Å². The Morgan fingerprint density at radius 3 is 2.89 bits per heavy atom. The highest BCUT2D eigenvalue weighted by Crippen LogP contribution is 2.18. The first kappa shape index (κ1) is 15.0. The first-order valence-electron chi connectivity index (χ1n) is 6.89. The summed E-state index contributed by atoms with van der Waals surface area (Å²) < 4.78 is 0. The second-order valence-corrected chi connectivity index (χ2v) is 5.46. The predicted molar refractivity (Wildman–Crippen MR) is 73.4 cm³/mol. The monoisotopic (exact) mass is 254 g/mol. The Balaban J connectivity index is 2.32. The van der Waals surface area contributed by atoms with E-state index in [2.05, 4.69) is 16.7 Å². The summed E-state index contributed by atoms with van der Waals surface area (Å²) in [5.41, 5.74) is -0.853. The first-order valence-corrected chi connectivity index (χ1v) is 6.89. The maximum Gasteiger partial charge on any atom is 0.315 e. The van der Waals surface area contributed by atoms with Gasteiger partial charge in [0.25, 0.3) is 0 Å². The van der Waals surface area contributed by atoms with Crippen LogP contribution in [0.15, 0.2) is 12.2 Å². The minimum atomic E-state index is -0.853. The molecular formula is C14H26N2O2.